The Morgan fingerprint density at radius 3 is 2.63 bits per heavy atom. The lowest BCUT2D eigenvalue weighted by Gasteiger charge is -2.13. The first-order valence-electron chi connectivity index (χ1n) is 6.75. The van der Waals surface area contributed by atoms with E-state index in [-0.39, 0.29) is 5.82 Å². The Balaban J connectivity index is 1.78. The van der Waals surface area contributed by atoms with E-state index in [0.717, 1.165) is 5.56 Å². The fraction of sp³-hybridized carbons (Fsp3) is 0.294. The highest BCUT2D eigenvalue weighted by Crippen LogP contribution is 2.40. The molecular formula is C17H17FO. The third kappa shape index (κ3) is 2.85. The Kier molecular flexibility index (Phi) is 3.34. The van der Waals surface area contributed by atoms with Gasteiger partial charge in [-0.15, -0.1) is 0 Å². The average molecular weight is 256 g/mol. The molecule has 1 N–H and O–H groups in total. The van der Waals surface area contributed by atoms with Crippen LogP contribution in [0.5, 0.6) is 0 Å². The van der Waals surface area contributed by atoms with Gasteiger partial charge in [-0.3, -0.25) is 0 Å². The zero-order valence-electron chi connectivity index (χ0n) is 10.7. The maximum Gasteiger partial charge on any atom is 0.126 e. The summed E-state index contributed by atoms with van der Waals surface area (Å²) < 4.78 is 13.6. The van der Waals surface area contributed by atoms with Crippen LogP contribution in [0.3, 0.4) is 0 Å². The van der Waals surface area contributed by atoms with Crippen LogP contribution >= 0.6 is 0 Å². The third-order valence-corrected chi connectivity index (χ3v) is 3.72. The molecule has 0 saturated heterocycles. The topological polar surface area (TPSA) is 20.2 Å². The minimum atomic E-state index is -0.643. The maximum atomic E-state index is 13.6. The standard InChI is InChI=1S/C17H17FO/c18-16-7-2-1-4-14(16)11-17(19)15-6-3-5-13(10-15)12-8-9-12/h1-7,10,12,17,19H,8-9,11H2. The zero-order chi connectivity index (χ0) is 13.2. The quantitative estimate of drug-likeness (QED) is 0.877. The highest BCUT2D eigenvalue weighted by molar-refractivity contribution is 5.31. The average Bonchev–Trinajstić information content (AvgIpc) is 3.26. The molecule has 2 aromatic rings. The number of benzene rings is 2. The van der Waals surface area contributed by atoms with Crippen LogP contribution in [0.15, 0.2) is 48.5 Å². The van der Waals surface area contributed by atoms with Gasteiger partial charge in [0.1, 0.15) is 5.82 Å². The van der Waals surface area contributed by atoms with E-state index in [1.807, 2.05) is 12.1 Å². The first kappa shape index (κ1) is 12.4. The van der Waals surface area contributed by atoms with Crippen molar-refractivity contribution in [2.75, 3.05) is 0 Å². The molecule has 2 heteroatoms. The van der Waals surface area contributed by atoms with Gasteiger partial charge in [-0.2, -0.15) is 0 Å². The van der Waals surface area contributed by atoms with Gasteiger partial charge in [0.25, 0.3) is 0 Å². The molecule has 1 atom stereocenters. The molecule has 0 radical (unpaired) electrons. The van der Waals surface area contributed by atoms with Crippen molar-refractivity contribution in [1.82, 2.24) is 0 Å². The second-order valence-corrected chi connectivity index (χ2v) is 5.26. The second kappa shape index (κ2) is 5.14. The number of hydrogen-bond acceptors (Lipinski definition) is 1. The Hall–Kier alpha value is -1.67. The van der Waals surface area contributed by atoms with Crippen LogP contribution in [-0.4, -0.2) is 5.11 Å². The molecule has 0 aliphatic heterocycles. The lowest BCUT2D eigenvalue weighted by Crippen LogP contribution is -2.04. The molecule has 1 nitrogen and oxygen atoms in total. The summed E-state index contributed by atoms with van der Waals surface area (Å²) in [7, 11) is 0. The fourth-order valence-corrected chi connectivity index (χ4v) is 2.43. The predicted molar refractivity (Wildman–Crippen MR) is 73.5 cm³/mol. The van der Waals surface area contributed by atoms with Crippen LogP contribution in [0.2, 0.25) is 0 Å². The predicted octanol–water partition coefficient (Wildman–Crippen LogP) is 3.98. The molecule has 1 aliphatic carbocycles. The number of hydrogen-bond donors (Lipinski definition) is 1. The van der Waals surface area contributed by atoms with Crippen molar-refractivity contribution in [2.45, 2.75) is 31.3 Å². The molecule has 0 spiro atoms. The first-order chi connectivity index (χ1) is 9.24. The molecule has 98 valence electrons. The van der Waals surface area contributed by atoms with Crippen molar-refractivity contribution in [3.8, 4) is 0 Å². The molecule has 1 fully saturated rings. The van der Waals surface area contributed by atoms with E-state index in [4.69, 9.17) is 0 Å². The highest BCUT2D eigenvalue weighted by atomic mass is 19.1. The summed E-state index contributed by atoms with van der Waals surface area (Å²) in [4.78, 5) is 0. The molecule has 1 unspecified atom stereocenters. The van der Waals surface area contributed by atoms with Crippen LogP contribution in [0.1, 0.15) is 41.6 Å². The van der Waals surface area contributed by atoms with E-state index in [0.29, 0.717) is 17.9 Å². The number of halogens is 1. The minimum Gasteiger partial charge on any atom is -0.388 e. The van der Waals surface area contributed by atoms with E-state index < -0.39 is 6.10 Å². The van der Waals surface area contributed by atoms with Crippen LogP contribution < -0.4 is 0 Å². The van der Waals surface area contributed by atoms with Gasteiger partial charge in [0.2, 0.25) is 0 Å². The third-order valence-electron chi connectivity index (χ3n) is 3.72. The SMILES string of the molecule is OC(Cc1ccccc1F)c1cccc(C2CC2)c1. The zero-order valence-corrected chi connectivity index (χ0v) is 10.7. The van der Waals surface area contributed by atoms with Crippen molar-refractivity contribution in [3.63, 3.8) is 0 Å². The molecule has 1 aliphatic rings. The van der Waals surface area contributed by atoms with Crippen molar-refractivity contribution in [2.24, 2.45) is 0 Å². The van der Waals surface area contributed by atoms with Crippen LogP contribution in [0, 0.1) is 5.82 Å². The van der Waals surface area contributed by atoms with Crippen LogP contribution in [0.4, 0.5) is 4.39 Å². The molecule has 3 rings (SSSR count). The summed E-state index contributed by atoms with van der Waals surface area (Å²) in [6.45, 7) is 0. The Labute approximate surface area is 112 Å². The highest BCUT2D eigenvalue weighted by Gasteiger charge is 2.24. The fourth-order valence-electron chi connectivity index (χ4n) is 2.43. The molecule has 0 amide bonds. The van der Waals surface area contributed by atoms with E-state index in [2.05, 4.69) is 12.1 Å². The molecule has 1 saturated carbocycles. The molecule has 0 aromatic heterocycles. The van der Waals surface area contributed by atoms with E-state index in [1.165, 1.54) is 24.5 Å². The molecule has 2 aromatic carbocycles. The molecule has 0 bridgehead atoms. The van der Waals surface area contributed by atoms with Crippen LogP contribution in [0.25, 0.3) is 0 Å². The van der Waals surface area contributed by atoms with Crippen molar-refractivity contribution >= 4 is 0 Å². The van der Waals surface area contributed by atoms with Gasteiger partial charge < -0.3 is 5.11 Å². The summed E-state index contributed by atoms with van der Waals surface area (Å²) in [6, 6.07) is 14.7. The monoisotopic (exact) mass is 256 g/mol. The van der Waals surface area contributed by atoms with Gasteiger partial charge in [0.15, 0.2) is 0 Å². The Morgan fingerprint density at radius 2 is 1.89 bits per heavy atom. The molecular weight excluding hydrogens is 239 g/mol. The summed E-state index contributed by atoms with van der Waals surface area (Å²) in [5, 5.41) is 10.3. The second-order valence-electron chi connectivity index (χ2n) is 5.26. The Bertz CT molecular complexity index is 575. The van der Waals surface area contributed by atoms with Gasteiger partial charge in [0.05, 0.1) is 6.10 Å². The van der Waals surface area contributed by atoms with Crippen molar-refractivity contribution < 1.29 is 9.50 Å². The molecule has 19 heavy (non-hydrogen) atoms. The number of rotatable bonds is 4. The smallest absolute Gasteiger partial charge is 0.126 e. The lowest BCUT2D eigenvalue weighted by molar-refractivity contribution is 0.177. The Morgan fingerprint density at radius 1 is 1.11 bits per heavy atom. The maximum absolute atomic E-state index is 13.6. The van der Waals surface area contributed by atoms with Gasteiger partial charge in [0, 0.05) is 6.42 Å². The van der Waals surface area contributed by atoms with E-state index in [9.17, 15) is 9.50 Å². The summed E-state index contributed by atoms with van der Waals surface area (Å²) in [5.74, 6) is 0.417. The van der Waals surface area contributed by atoms with Gasteiger partial charge in [-0.1, -0.05) is 42.5 Å². The van der Waals surface area contributed by atoms with E-state index in [1.54, 1.807) is 18.2 Å². The summed E-state index contributed by atoms with van der Waals surface area (Å²) >= 11 is 0. The first-order valence-corrected chi connectivity index (χ1v) is 6.75. The van der Waals surface area contributed by atoms with Gasteiger partial charge in [-0.05, 0) is 41.5 Å². The minimum absolute atomic E-state index is 0.250. The van der Waals surface area contributed by atoms with Crippen LogP contribution in [-0.2, 0) is 6.42 Å². The number of aliphatic hydroxyl groups excluding tert-OH is 1. The van der Waals surface area contributed by atoms with E-state index >= 15 is 0 Å². The number of aliphatic hydroxyl groups is 1. The lowest BCUT2D eigenvalue weighted by atomic mass is 9.98. The van der Waals surface area contributed by atoms with Gasteiger partial charge >= 0.3 is 0 Å². The van der Waals surface area contributed by atoms with Crippen molar-refractivity contribution in [1.29, 1.82) is 0 Å². The van der Waals surface area contributed by atoms with Crippen molar-refractivity contribution in [3.05, 3.63) is 71.0 Å². The normalized spacial score (nSPS) is 16.3. The van der Waals surface area contributed by atoms with Gasteiger partial charge in [-0.25, -0.2) is 4.39 Å². The molecule has 0 heterocycles. The summed E-state index contributed by atoms with van der Waals surface area (Å²) in [6.07, 6.45) is 2.16. The largest absolute Gasteiger partial charge is 0.388 e. The summed E-state index contributed by atoms with van der Waals surface area (Å²) in [5.41, 5.74) is 2.74.